The molecule has 1 saturated heterocycles. The molecule has 1 aromatic heterocycles. The number of aromatic nitrogens is 1. The lowest BCUT2D eigenvalue weighted by molar-refractivity contribution is -0.389. The van der Waals surface area contributed by atoms with E-state index in [0.29, 0.717) is 19.5 Å². The second-order valence-electron chi connectivity index (χ2n) is 4.01. The lowest BCUT2D eigenvalue weighted by atomic mass is 10.3. The number of nitrogens with one attached hydrogen (secondary N) is 1. The molecule has 0 bridgehead atoms. The Morgan fingerprint density at radius 3 is 2.94 bits per heavy atom. The maximum Gasteiger partial charge on any atom is 0.404 e. The van der Waals surface area contributed by atoms with Gasteiger partial charge in [0.25, 0.3) is 0 Å². The summed E-state index contributed by atoms with van der Waals surface area (Å²) in [6.07, 6.45) is 1.11. The molecule has 8 heteroatoms. The van der Waals surface area contributed by atoms with Crippen LogP contribution in [0.15, 0.2) is 18.3 Å². The van der Waals surface area contributed by atoms with Gasteiger partial charge in [0.1, 0.15) is 0 Å². The fraction of sp³-hybridized carbons (Fsp3) is 0.400. The topological polar surface area (TPSA) is 109 Å². The van der Waals surface area contributed by atoms with Gasteiger partial charge >= 0.3 is 11.9 Å². The molecule has 1 aliphatic rings. The summed E-state index contributed by atoms with van der Waals surface area (Å²) in [5.74, 6) is -0.196. The highest BCUT2D eigenvalue weighted by Gasteiger charge is 2.24. The molecule has 2 N–H and O–H groups in total. The molecule has 1 atom stereocenters. The van der Waals surface area contributed by atoms with Crippen molar-refractivity contribution in [1.29, 1.82) is 0 Å². The molecule has 0 aromatic carbocycles. The summed E-state index contributed by atoms with van der Waals surface area (Å²) >= 11 is 0. The van der Waals surface area contributed by atoms with Crippen LogP contribution in [0, 0.1) is 10.1 Å². The van der Waals surface area contributed by atoms with Crippen molar-refractivity contribution in [3.8, 4) is 0 Å². The zero-order valence-electron chi connectivity index (χ0n) is 9.44. The highest BCUT2D eigenvalue weighted by Crippen LogP contribution is 2.21. The van der Waals surface area contributed by atoms with Gasteiger partial charge in [0.2, 0.25) is 0 Å². The van der Waals surface area contributed by atoms with Crippen LogP contribution in [-0.4, -0.2) is 40.2 Å². The van der Waals surface area contributed by atoms with Crippen LogP contribution in [0.25, 0.3) is 0 Å². The number of anilines is 1. The van der Waals surface area contributed by atoms with Crippen molar-refractivity contribution < 1.29 is 14.8 Å². The van der Waals surface area contributed by atoms with E-state index in [1.54, 1.807) is 6.07 Å². The number of carboxylic acid groups (broad SMARTS) is 1. The number of pyridine rings is 1. The second-order valence-corrected chi connectivity index (χ2v) is 4.01. The van der Waals surface area contributed by atoms with Gasteiger partial charge < -0.3 is 25.4 Å². The monoisotopic (exact) mass is 252 g/mol. The van der Waals surface area contributed by atoms with Gasteiger partial charge in [-0.1, -0.05) is 0 Å². The Bertz CT molecular complexity index is 461. The molecule has 0 spiro atoms. The van der Waals surface area contributed by atoms with E-state index < -0.39 is 11.0 Å². The second kappa shape index (κ2) is 4.86. The Labute approximate surface area is 102 Å². The maximum absolute atomic E-state index is 10.5. The molecule has 96 valence electrons. The van der Waals surface area contributed by atoms with Crippen molar-refractivity contribution in [1.82, 2.24) is 10.3 Å². The van der Waals surface area contributed by atoms with E-state index in [-0.39, 0.29) is 11.9 Å². The van der Waals surface area contributed by atoms with E-state index in [1.165, 1.54) is 12.3 Å². The number of hydrogen-bond acceptors (Lipinski definition) is 5. The van der Waals surface area contributed by atoms with Crippen LogP contribution in [0.1, 0.15) is 6.42 Å². The van der Waals surface area contributed by atoms with E-state index in [2.05, 4.69) is 10.3 Å². The minimum atomic E-state index is -1.04. The highest BCUT2D eigenvalue weighted by atomic mass is 16.6. The molecular weight excluding hydrogens is 240 g/mol. The van der Waals surface area contributed by atoms with Crippen LogP contribution in [0.4, 0.5) is 16.3 Å². The predicted molar refractivity (Wildman–Crippen MR) is 62.7 cm³/mol. The van der Waals surface area contributed by atoms with Gasteiger partial charge in [-0.3, -0.25) is 0 Å². The molecule has 1 amide bonds. The van der Waals surface area contributed by atoms with Crippen LogP contribution in [0.5, 0.6) is 0 Å². The first-order valence-corrected chi connectivity index (χ1v) is 5.41. The molecule has 1 fully saturated rings. The minimum Gasteiger partial charge on any atom is -0.465 e. The molecule has 18 heavy (non-hydrogen) atoms. The Morgan fingerprint density at radius 1 is 1.61 bits per heavy atom. The summed E-state index contributed by atoms with van der Waals surface area (Å²) in [5, 5.41) is 21.5. The summed E-state index contributed by atoms with van der Waals surface area (Å²) < 4.78 is 0. The van der Waals surface area contributed by atoms with Crippen LogP contribution < -0.4 is 10.2 Å². The quantitative estimate of drug-likeness (QED) is 0.609. The number of nitrogens with zero attached hydrogens (tertiary/aromatic N) is 3. The first kappa shape index (κ1) is 12.1. The summed E-state index contributed by atoms with van der Waals surface area (Å²) in [6, 6.07) is 2.85. The molecule has 0 saturated carbocycles. The smallest absolute Gasteiger partial charge is 0.404 e. The number of hydrogen-bond donors (Lipinski definition) is 2. The SMILES string of the molecule is O=C(O)NC1CCN(c2ccc([N+](=O)[O-])nc2)C1. The third kappa shape index (κ3) is 2.65. The van der Waals surface area contributed by atoms with Crippen LogP contribution in [0.2, 0.25) is 0 Å². The van der Waals surface area contributed by atoms with Gasteiger partial charge in [-0.2, -0.15) is 0 Å². The summed E-state index contributed by atoms with van der Waals surface area (Å²) in [4.78, 5) is 26.1. The molecular formula is C10H12N4O4. The van der Waals surface area contributed by atoms with Gasteiger partial charge in [0.05, 0.1) is 11.7 Å². The van der Waals surface area contributed by atoms with E-state index in [9.17, 15) is 14.9 Å². The lowest BCUT2D eigenvalue weighted by Crippen LogP contribution is -2.36. The molecule has 1 aliphatic heterocycles. The zero-order valence-corrected chi connectivity index (χ0v) is 9.44. The van der Waals surface area contributed by atoms with Gasteiger partial charge in [0.15, 0.2) is 6.20 Å². The van der Waals surface area contributed by atoms with Crippen molar-refractivity contribution >= 4 is 17.6 Å². The van der Waals surface area contributed by atoms with Gasteiger partial charge in [-0.25, -0.2) is 4.79 Å². The molecule has 0 radical (unpaired) electrons. The normalized spacial score (nSPS) is 18.7. The fourth-order valence-electron chi connectivity index (χ4n) is 1.96. The van der Waals surface area contributed by atoms with E-state index in [1.807, 2.05) is 4.90 Å². The Morgan fingerprint density at radius 2 is 2.39 bits per heavy atom. The largest absolute Gasteiger partial charge is 0.465 e. The van der Waals surface area contributed by atoms with Crippen molar-refractivity contribution in [3.05, 3.63) is 28.4 Å². The lowest BCUT2D eigenvalue weighted by Gasteiger charge is -2.16. The van der Waals surface area contributed by atoms with Crippen molar-refractivity contribution in [3.63, 3.8) is 0 Å². The summed E-state index contributed by atoms with van der Waals surface area (Å²) in [5.41, 5.74) is 0.760. The van der Waals surface area contributed by atoms with Gasteiger partial charge in [-0.15, -0.1) is 0 Å². The minimum absolute atomic E-state index is 0.113. The predicted octanol–water partition coefficient (Wildman–Crippen LogP) is 0.836. The van der Waals surface area contributed by atoms with Crippen molar-refractivity contribution in [2.45, 2.75) is 12.5 Å². The van der Waals surface area contributed by atoms with Crippen molar-refractivity contribution in [2.75, 3.05) is 18.0 Å². The maximum atomic E-state index is 10.5. The van der Waals surface area contributed by atoms with Gasteiger partial charge in [0, 0.05) is 19.2 Å². The van der Waals surface area contributed by atoms with Crippen LogP contribution in [-0.2, 0) is 0 Å². The number of nitro groups is 1. The van der Waals surface area contributed by atoms with E-state index in [0.717, 1.165) is 5.69 Å². The number of carbonyl (C=O) groups is 1. The average molecular weight is 252 g/mol. The van der Waals surface area contributed by atoms with Crippen molar-refractivity contribution in [2.24, 2.45) is 0 Å². The molecule has 2 rings (SSSR count). The molecule has 0 aliphatic carbocycles. The Hall–Kier alpha value is -2.38. The Balaban J connectivity index is 2.01. The summed E-state index contributed by atoms with van der Waals surface area (Å²) in [7, 11) is 0. The first-order valence-electron chi connectivity index (χ1n) is 5.41. The molecule has 1 aromatic rings. The third-order valence-corrected chi connectivity index (χ3v) is 2.80. The average Bonchev–Trinajstić information content (AvgIpc) is 2.76. The zero-order chi connectivity index (χ0) is 13.1. The molecule has 8 nitrogen and oxygen atoms in total. The molecule has 2 heterocycles. The van der Waals surface area contributed by atoms with E-state index in [4.69, 9.17) is 5.11 Å². The van der Waals surface area contributed by atoms with Crippen LogP contribution >= 0.6 is 0 Å². The first-order chi connectivity index (χ1) is 8.56. The number of rotatable bonds is 3. The fourth-order valence-corrected chi connectivity index (χ4v) is 1.96. The van der Waals surface area contributed by atoms with Crippen LogP contribution in [0.3, 0.4) is 0 Å². The standard InChI is InChI=1S/C10H12N4O4/c15-10(16)12-7-3-4-13(6-7)8-1-2-9(11-5-8)14(17)18/h1-2,5,7,12H,3-4,6H2,(H,15,16). The van der Waals surface area contributed by atoms with Gasteiger partial charge in [-0.05, 0) is 22.4 Å². The highest BCUT2D eigenvalue weighted by molar-refractivity contribution is 5.65. The van der Waals surface area contributed by atoms with E-state index >= 15 is 0 Å². The molecule has 1 unspecified atom stereocenters. The third-order valence-electron chi connectivity index (χ3n) is 2.80. The number of amides is 1. The summed E-state index contributed by atoms with van der Waals surface area (Å²) in [6.45, 7) is 1.25. The Kier molecular flexibility index (Phi) is 3.26.